The van der Waals surface area contributed by atoms with Gasteiger partial charge in [0.2, 0.25) is 0 Å². The molecule has 2 aromatic rings. The summed E-state index contributed by atoms with van der Waals surface area (Å²) in [6, 6.07) is 14.9. The van der Waals surface area contributed by atoms with Gasteiger partial charge in [0.25, 0.3) is 5.91 Å². The van der Waals surface area contributed by atoms with Crippen LogP contribution in [0.1, 0.15) is 44.3 Å². The average Bonchev–Trinajstić information content (AvgIpc) is 2.83. The van der Waals surface area contributed by atoms with Crippen LogP contribution in [-0.2, 0) is 6.42 Å². The van der Waals surface area contributed by atoms with E-state index in [2.05, 4.69) is 5.32 Å². The topological polar surface area (TPSA) is 66.4 Å². The van der Waals surface area contributed by atoms with Crippen LogP contribution in [0.2, 0.25) is 0 Å². The van der Waals surface area contributed by atoms with E-state index >= 15 is 0 Å². The van der Waals surface area contributed by atoms with Gasteiger partial charge in [0.15, 0.2) is 0 Å². The van der Waals surface area contributed by atoms with E-state index in [-0.39, 0.29) is 17.5 Å². The largest absolute Gasteiger partial charge is 0.478 e. The second-order valence-corrected chi connectivity index (χ2v) is 5.13. The molecule has 1 aliphatic heterocycles. The van der Waals surface area contributed by atoms with Crippen molar-refractivity contribution < 1.29 is 14.7 Å². The number of amides is 1. The third-order valence-electron chi connectivity index (χ3n) is 3.80. The standard InChI is InChI=1S/C17H15NO3/c19-16-15-12(7-4-8-13(15)17(20)21)14(18-16)10-9-11-5-2-1-3-6-11/h1-8,14H,9-10H2,(H,18,19)(H,20,21). The van der Waals surface area contributed by atoms with Crippen LogP contribution in [-0.4, -0.2) is 17.0 Å². The summed E-state index contributed by atoms with van der Waals surface area (Å²) in [7, 11) is 0. The quantitative estimate of drug-likeness (QED) is 0.905. The highest BCUT2D eigenvalue weighted by Gasteiger charge is 2.32. The summed E-state index contributed by atoms with van der Waals surface area (Å²) < 4.78 is 0. The Morgan fingerprint density at radius 1 is 1.10 bits per heavy atom. The Labute approximate surface area is 122 Å². The van der Waals surface area contributed by atoms with Crippen LogP contribution in [0.4, 0.5) is 0 Å². The number of carboxylic acid groups (broad SMARTS) is 1. The van der Waals surface area contributed by atoms with Crippen LogP contribution < -0.4 is 5.32 Å². The summed E-state index contributed by atoms with van der Waals surface area (Å²) in [5, 5.41) is 12.1. The van der Waals surface area contributed by atoms with Crippen LogP contribution in [0.25, 0.3) is 0 Å². The zero-order valence-corrected chi connectivity index (χ0v) is 11.4. The molecule has 2 aromatic carbocycles. The molecule has 0 fully saturated rings. The van der Waals surface area contributed by atoms with Gasteiger partial charge in [0.1, 0.15) is 0 Å². The van der Waals surface area contributed by atoms with Gasteiger partial charge in [-0.1, -0.05) is 42.5 Å². The number of aryl methyl sites for hydroxylation is 1. The minimum Gasteiger partial charge on any atom is -0.478 e. The van der Waals surface area contributed by atoms with Gasteiger partial charge in [-0.05, 0) is 30.0 Å². The Kier molecular flexibility index (Phi) is 3.44. The van der Waals surface area contributed by atoms with Crippen LogP contribution in [0.3, 0.4) is 0 Å². The van der Waals surface area contributed by atoms with Gasteiger partial charge >= 0.3 is 5.97 Å². The number of hydrogen-bond donors (Lipinski definition) is 2. The molecule has 0 aromatic heterocycles. The van der Waals surface area contributed by atoms with E-state index in [1.165, 1.54) is 11.6 Å². The first-order valence-electron chi connectivity index (χ1n) is 6.88. The van der Waals surface area contributed by atoms with Gasteiger partial charge in [0, 0.05) is 0 Å². The third-order valence-corrected chi connectivity index (χ3v) is 3.80. The van der Waals surface area contributed by atoms with Crippen molar-refractivity contribution in [1.29, 1.82) is 0 Å². The first-order valence-corrected chi connectivity index (χ1v) is 6.88. The minimum absolute atomic E-state index is 0.0761. The van der Waals surface area contributed by atoms with Crippen molar-refractivity contribution >= 4 is 11.9 Å². The Bertz CT molecular complexity index is 694. The number of carbonyl (C=O) groups is 2. The lowest BCUT2D eigenvalue weighted by Gasteiger charge is -2.11. The van der Waals surface area contributed by atoms with Crippen molar-refractivity contribution in [2.24, 2.45) is 0 Å². The smallest absolute Gasteiger partial charge is 0.336 e. The lowest BCUT2D eigenvalue weighted by atomic mass is 9.96. The Balaban J connectivity index is 1.84. The predicted molar refractivity (Wildman–Crippen MR) is 78.4 cm³/mol. The second-order valence-electron chi connectivity index (χ2n) is 5.13. The molecule has 0 bridgehead atoms. The van der Waals surface area contributed by atoms with Crippen molar-refractivity contribution in [3.8, 4) is 0 Å². The van der Waals surface area contributed by atoms with Crippen LogP contribution in [0.5, 0.6) is 0 Å². The number of carbonyl (C=O) groups excluding carboxylic acids is 1. The van der Waals surface area contributed by atoms with Crippen molar-refractivity contribution in [3.63, 3.8) is 0 Å². The highest BCUT2D eigenvalue weighted by molar-refractivity contribution is 6.08. The zero-order valence-electron chi connectivity index (χ0n) is 11.4. The van der Waals surface area contributed by atoms with Gasteiger partial charge in [-0.15, -0.1) is 0 Å². The second kappa shape index (κ2) is 5.40. The molecular weight excluding hydrogens is 266 g/mol. The molecule has 0 radical (unpaired) electrons. The Hall–Kier alpha value is -2.62. The summed E-state index contributed by atoms with van der Waals surface area (Å²) in [4.78, 5) is 23.3. The molecule has 1 aliphatic rings. The molecule has 0 spiro atoms. The van der Waals surface area contributed by atoms with Crippen molar-refractivity contribution in [2.75, 3.05) is 0 Å². The summed E-state index contributed by atoms with van der Waals surface area (Å²) >= 11 is 0. The fraction of sp³-hybridized carbons (Fsp3) is 0.176. The molecule has 4 nitrogen and oxygen atoms in total. The number of nitrogens with one attached hydrogen (secondary N) is 1. The monoisotopic (exact) mass is 281 g/mol. The summed E-state index contributed by atoms with van der Waals surface area (Å²) in [5.74, 6) is -1.35. The Morgan fingerprint density at radius 3 is 2.57 bits per heavy atom. The maximum absolute atomic E-state index is 12.0. The van der Waals surface area contributed by atoms with E-state index in [0.29, 0.717) is 5.56 Å². The van der Waals surface area contributed by atoms with Crippen molar-refractivity contribution in [3.05, 3.63) is 70.8 Å². The predicted octanol–water partition coefficient (Wildman–Crippen LogP) is 2.80. The van der Waals surface area contributed by atoms with Crippen LogP contribution >= 0.6 is 0 Å². The van der Waals surface area contributed by atoms with E-state index in [1.54, 1.807) is 6.07 Å². The van der Waals surface area contributed by atoms with E-state index in [4.69, 9.17) is 0 Å². The summed E-state index contributed by atoms with van der Waals surface area (Å²) in [6.07, 6.45) is 1.59. The number of rotatable bonds is 4. The number of benzene rings is 2. The maximum atomic E-state index is 12.0. The van der Waals surface area contributed by atoms with Crippen LogP contribution in [0.15, 0.2) is 48.5 Å². The minimum atomic E-state index is -1.06. The van der Waals surface area contributed by atoms with Crippen molar-refractivity contribution in [2.45, 2.75) is 18.9 Å². The lowest BCUT2D eigenvalue weighted by Crippen LogP contribution is -2.20. The molecule has 4 heteroatoms. The number of hydrogen-bond acceptors (Lipinski definition) is 2. The van der Waals surface area contributed by atoms with Gasteiger partial charge in [-0.25, -0.2) is 4.79 Å². The van der Waals surface area contributed by atoms with Gasteiger partial charge in [0.05, 0.1) is 17.2 Å². The third kappa shape index (κ3) is 2.52. The van der Waals surface area contributed by atoms with E-state index in [9.17, 15) is 14.7 Å². The van der Waals surface area contributed by atoms with Gasteiger partial charge < -0.3 is 10.4 Å². The SMILES string of the molecule is O=C(O)c1cccc2c1C(=O)NC2CCc1ccccc1. The fourth-order valence-corrected chi connectivity index (χ4v) is 2.78. The first-order chi connectivity index (χ1) is 10.2. The molecular formula is C17H15NO3. The molecule has 1 unspecified atom stereocenters. The molecule has 1 atom stereocenters. The van der Waals surface area contributed by atoms with E-state index in [0.717, 1.165) is 18.4 Å². The molecule has 1 heterocycles. The number of carboxylic acids is 1. The average molecular weight is 281 g/mol. The van der Waals surface area contributed by atoms with Crippen LogP contribution in [0, 0.1) is 0 Å². The van der Waals surface area contributed by atoms with E-state index < -0.39 is 5.97 Å². The van der Waals surface area contributed by atoms with E-state index in [1.807, 2.05) is 36.4 Å². The van der Waals surface area contributed by atoms with Crippen molar-refractivity contribution in [1.82, 2.24) is 5.32 Å². The first kappa shape index (κ1) is 13.4. The Morgan fingerprint density at radius 2 is 1.86 bits per heavy atom. The number of aromatic carboxylic acids is 1. The molecule has 2 N–H and O–H groups in total. The fourth-order valence-electron chi connectivity index (χ4n) is 2.78. The highest BCUT2D eigenvalue weighted by Crippen LogP contribution is 2.31. The summed E-state index contributed by atoms with van der Waals surface area (Å²) in [6.45, 7) is 0. The zero-order chi connectivity index (χ0) is 14.8. The van der Waals surface area contributed by atoms with Gasteiger partial charge in [-0.2, -0.15) is 0 Å². The number of fused-ring (bicyclic) bond motifs is 1. The molecule has 3 rings (SSSR count). The highest BCUT2D eigenvalue weighted by atomic mass is 16.4. The lowest BCUT2D eigenvalue weighted by molar-refractivity contribution is 0.0691. The molecule has 106 valence electrons. The molecule has 0 saturated heterocycles. The molecule has 1 amide bonds. The summed E-state index contributed by atoms with van der Waals surface area (Å²) in [5.41, 5.74) is 2.38. The molecule has 21 heavy (non-hydrogen) atoms. The molecule has 0 saturated carbocycles. The normalized spacial score (nSPS) is 16.4. The van der Waals surface area contributed by atoms with Gasteiger partial charge in [-0.3, -0.25) is 4.79 Å². The maximum Gasteiger partial charge on any atom is 0.336 e. The molecule has 0 aliphatic carbocycles.